The van der Waals surface area contributed by atoms with Gasteiger partial charge in [0.15, 0.2) is 0 Å². The molecule has 0 bridgehead atoms. The zero-order chi connectivity index (χ0) is 18.7. The van der Waals surface area contributed by atoms with Gasteiger partial charge in [0.25, 0.3) is 11.6 Å². The number of benzene rings is 2. The molecular weight excluding hydrogens is 341 g/mol. The fourth-order valence-electron chi connectivity index (χ4n) is 2.84. The number of morpholine rings is 1. The Labute approximate surface area is 149 Å². The van der Waals surface area contributed by atoms with E-state index in [1.54, 1.807) is 19.1 Å². The van der Waals surface area contributed by atoms with Crippen molar-refractivity contribution in [2.45, 2.75) is 6.92 Å². The monoisotopic (exact) mass is 359 g/mol. The number of hydrogen-bond donors (Lipinski definition) is 1. The normalized spacial score (nSPS) is 14.2. The second kappa shape index (κ2) is 7.49. The molecule has 1 aliphatic rings. The summed E-state index contributed by atoms with van der Waals surface area (Å²) in [6, 6.07) is 8.39. The maximum Gasteiger partial charge on any atom is 0.293 e. The summed E-state index contributed by atoms with van der Waals surface area (Å²) in [7, 11) is 0. The Morgan fingerprint density at radius 2 is 1.96 bits per heavy atom. The fraction of sp³-hybridized carbons (Fsp3) is 0.278. The van der Waals surface area contributed by atoms with Gasteiger partial charge in [0.05, 0.1) is 18.1 Å². The summed E-state index contributed by atoms with van der Waals surface area (Å²) in [6.07, 6.45) is 0. The number of halogens is 1. The third-order valence-corrected chi connectivity index (χ3v) is 4.22. The maximum atomic E-state index is 13.2. The van der Waals surface area contributed by atoms with Gasteiger partial charge >= 0.3 is 0 Å². The van der Waals surface area contributed by atoms with Crippen LogP contribution in [0.4, 0.5) is 21.5 Å². The molecule has 2 aromatic rings. The quantitative estimate of drug-likeness (QED) is 0.670. The number of nitrogens with zero attached hydrogens (tertiary/aromatic N) is 2. The minimum absolute atomic E-state index is 0.129. The number of rotatable bonds is 4. The Hall–Kier alpha value is -3.00. The molecule has 0 aromatic heterocycles. The van der Waals surface area contributed by atoms with Gasteiger partial charge in [0, 0.05) is 30.4 Å². The number of ether oxygens (including phenoxy) is 1. The number of nitro benzene ring substituents is 1. The van der Waals surface area contributed by atoms with Crippen molar-refractivity contribution in [1.29, 1.82) is 0 Å². The fourth-order valence-corrected chi connectivity index (χ4v) is 2.84. The summed E-state index contributed by atoms with van der Waals surface area (Å²) in [5, 5.41) is 14.1. The molecule has 0 atom stereocenters. The van der Waals surface area contributed by atoms with E-state index in [9.17, 15) is 19.3 Å². The molecule has 1 N–H and O–H groups in total. The second-order valence-electron chi connectivity index (χ2n) is 5.97. The van der Waals surface area contributed by atoms with Crippen LogP contribution < -0.4 is 10.2 Å². The lowest BCUT2D eigenvalue weighted by Crippen LogP contribution is -2.36. The molecule has 1 amide bonds. The lowest BCUT2D eigenvalue weighted by atomic mass is 10.1. The van der Waals surface area contributed by atoms with Gasteiger partial charge in [-0.05, 0) is 42.8 Å². The van der Waals surface area contributed by atoms with Crippen LogP contribution in [0.1, 0.15) is 15.9 Å². The number of anilines is 2. The van der Waals surface area contributed by atoms with Gasteiger partial charge < -0.3 is 15.0 Å². The van der Waals surface area contributed by atoms with Crippen LogP contribution in [0.5, 0.6) is 0 Å². The Bertz CT molecular complexity index is 850. The van der Waals surface area contributed by atoms with E-state index < -0.39 is 16.6 Å². The van der Waals surface area contributed by atoms with Crippen LogP contribution in [-0.4, -0.2) is 37.1 Å². The molecule has 7 nitrogen and oxygen atoms in total. The van der Waals surface area contributed by atoms with Crippen LogP contribution in [0.2, 0.25) is 0 Å². The van der Waals surface area contributed by atoms with E-state index in [0.29, 0.717) is 43.2 Å². The number of nitro groups is 1. The SMILES string of the molecule is Cc1cc(F)ccc1NC(=O)c1ccc(N2CCOCC2)c([N+](=O)[O-])c1. The smallest absolute Gasteiger partial charge is 0.293 e. The standard InChI is InChI=1S/C18H18FN3O4/c1-12-10-14(19)3-4-15(12)20-18(23)13-2-5-16(17(11-13)22(24)25)21-6-8-26-9-7-21/h2-5,10-11H,6-9H2,1H3,(H,20,23). The van der Waals surface area contributed by atoms with E-state index in [0.717, 1.165) is 0 Å². The van der Waals surface area contributed by atoms with Gasteiger partial charge in [-0.15, -0.1) is 0 Å². The predicted octanol–water partition coefficient (Wildman–Crippen LogP) is 3.13. The van der Waals surface area contributed by atoms with E-state index in [4.69, 9.17) is 4.74 Å². The number of nitrogens with one attached hydrogen (secondary N) is 1. The van der Waals surface area contributed by atoms with Crippen LogP contribution >= 0.6 is 0 Å². The Kier molecular flexibility index (Phi) is 5.13. The lowest BCUT2D eigenvalue weighted by molar-refractivity contribution is -0.384. The first-order valence-corrected chi connectivity index (χ1v) is 8.14. The molecule has 1 heterocycles. The van der Waals surface area contributed by atoms with Gasteiger partial charge in [-0.25, -0.2) is 4.39 Å². The van der Waals surface area contributed by atoms with E-state index in [-0.39, 0.29) is 11.3 Å². The average molecular weight is 359 g/mol. The van der Waals surface area contributed by atoms with E-state index >= 15 is 0 Å². The van der Waals surface area contributed by atoms with Crippen LogP contribution in [0.3, 0.4) is 0 Å². The van der Waals surface area contributed by atoms with Gasteiger partial charge in [-0.3, -0.25) is 14.9 Å². The first-order chi connectivity index (χ1) is 12.5. The van der Waals surface area contributed by atoms with Crippen molar-refractivity contribution in [3.05, 3.63) is 63.5 Å². The summed E-state index contributed by atoms with van der Waals surface area (Å²) in [6.45, 7) is 3.79. The molecule has 1 fully saturated rings. The van der Waals surface area contributed by atoms with Crippen molar-refractivity contribution >= 4 is 23.0 Å². The molecule has 136 valence electrons. The van der Waals surface area contributed by atoms with Crippen molar-refractivity contribution in [2.24, 2.45) is 0 Å². The van der Waals surface area contributed by atoms with Gasteiger partial charge in [0.2, 0.25) is 0 Å². The highest BCUT2D eigenvalue weighted by molar-refractivity contribution is 6.05. The first kappa shape index (κ1) is 17.8. The number of aryl methyl sites for hydroxylation is 1. The van der Waals surface area contributed by atoms with Crippen LogP contribution in [0.15, 0.2) is 36.4 Å². The van der Waals surface area contributed by atoms with E-state index in [1.807, 2.05) is 4.90 Å². The summed E-state index contributed by atoms with van der Waals surface area (Å²) in [5.74, 6) is -0.887. The van der Waals surface area contributed by atoms with Crippen molar-refractivity contribution in [1.82, 2.24) is 0 Å². The first-order valence-electron chi connectivity index (χ1n) is 8.14. The van der Waals surface area contributed by atoms with Crippen LogP contribution in [0, 0.1) is 22.9 Å². The van der Waals surface area contributed by atoms with E-state index in [1.165, 1.54) is 24.3 Å². The second-order valence-corrected chi connectivity index (χ2v) is 5.97. The molecule has 2 aromatic carbocycles. The zero-order valence-electron chi connectivity index (χ0n) is 14.2. The largest absolute Gasteiger partial charge is 0.378 e. The lowest BCUT2D eigenvalue weighted by Gasteiger charge is -2.28. The summed E-state index contributed by atoms with van der Waals surface area (Å²) >= 11 is 0. The Morgan fingerprint density at radius 3 is 2.62 bits per heavy atom. The summed E-state index contributed by atoms with van der Waals surface area (Å²) in [4.78, 5) is 25.3. The molecule has 0 saturated carbocycles. The molecule has 26 heavy (non-hydrogen) atoms. The molecule has 0 aliphatic carbocycles. The molecule has 0 unspecified atom stereocenters. The van der Waals surface area contributed by atoms with Crippen molar-refractivity contribution in [3.8, 4) is 0 Å². The van der Waals surface area contributed by atoms with Crippen molar-refractivity contribution in [2.75, 3.05) is 36.5 Å². The van der Waals surface area contributed by atoms with Crippen LogP contribution in [0.25, 0.3) is 0 Å². The molecule has 8 heteroatoms. The topological polar surface area (TPSA) is 84.7 Å². The zero-order valence-corrected chi connectivity index (χ0v) is 14.2. The Balaban J connectivity index is 1.86. The predicted molar refractivity (Wildman–Crippen MR) is 95.2 cm³/mol. The highest BCUT2D eigenvalue weighted by atomic mass is 19.1. The van der Waals surface area contributed by atoms with Crippen molar-refractivity contribution in [3.63, 3.8) is 0 Å². The van der Waals surface area contributed by atoms with Crippen molar-refractivity contribution < 1.29 is 18.8 Å². The third kappa shape index (κ3) is 3.80. The van der Waals surface area contributed by atoms with Gasteiger partial charge in [0.1, 0.15) is 11.5 Å². The molecule has 0 radical (unpaired) electrons. The van der Waals surface area contributed by atoms with E-state index in [2.05, 4.69) is 5.32 Å². The number of carbonyl (C=O) groups excluding carboxylic acids is 1. The van der Waals surface area contributed by atoms with Gasteiger partial charge in [-0.1, -0.05) is 0 Å². The molecule has 1 saturated heterocycles. The summed E-state index contributed by atoms with van der Waals surface area (Å²) in [5.41, 5.74) is 1.52. The molecular formula is C18H18FN3O4. The van der Waals surface area contributed by atoms with Gasteiger partial charge in [-0.2, -0.15) is 0 Å². The molecule has 3 rings (SSSR count). The molecule has 0 spiro atoms. The molecule has 1 aliphatic heterocycles. The average Bonchev–Trinajstić information content (AvgIpc) is 2.64. The number of hydrogen-bond acceptors (Lipinski definition) is 5. The maximum absolute atomic E-state index is 13.2. The minimum atomic E-state index is -0.495. The third-order valence-electron chi connectivity index (χ3n) is 4.22. The number of amides is 1. The highest BCUT2D eigenvalue weighted by Crippen LogP contribution is 2.30. The minimum Gasteiger partial charge on any atom is -0.378 e. The number of carbonyl (C=O) groups is 1. The van der Waals surface area contributed by atoms with Crippen LogP contribution in [-0.2, 0) is 4.74 Å². The highest BCUT2D eigenvalue weighted by Gasteiger charge is 2.23. The summed E-state index contributed by atoms with van der Waals surface area (Å²) < 4.78 is 18.4. The Morgan fingerprint density at radius 1 is 1.23 bits per heavy atom.